The van der Waals surface area contributed by atoms with E-state index in [4.69, 9.17) is 14.2 Å². The van der Waals surface area contributed by atoms with Crippen LogP contribution in [-0.2, 0) is 20.7 Å². The molecule has 11 fully saturated rings. The van der Waals surface area contributed by atoms with Gasteiger partial charge in [-0.25, -0.2) is 0 Å². The van der Waals surface area contributed by atoms with E-state index in [0.29, 0.717) is 6.10 Å². The molecule has 0 saturated carbocycles. The number of hydrogen-bond donors (Lipinski definition) is 0. The monoisotopic (exact) mass is 316 g/mol. The van der Waals surface area contributed by atoms with Crippen molar-refractivity contribution >= 4 is 0 Å². The van der Waals surface area contributed by atoms with Gasteiger partial charge in [-0.2, -0.15) is 0 Å². The molecular weight excluding hydrogens is 296 g/mol. The van der Waals surface area contributed by atoms with E-state index in [1.165, 1.54) is 43.3 Å². The van der Waals surface area contributed by atoms with Gasteiger partial charge in [0.2, 0.25) is 0 Å². The number of fused-ring (bicyclic) bond motifs is 10. The first-order valence-corrected chi connectivity index (χ1v) is 14.8. The molecule has 4 unspecified atom stereocenters. The molecule has 0 aromatic heterocycles. The maximum atomic E-state index is 6.54. The van der Waals surface area contributed by atoms with Crippen molar-refractivity contribution in [1.29, 1.82) is 0 Å². The molecule has 0 N–H and O–H groups in total. The average molecular weight is 316 g/mol. The summed E-state index contributed by atoms with van der Waals surface area (Å²) in [5.41, 5.74) is 0. The molecule has 11 saturated heterocycles. The van der Waals surface area contributed by atoms with E-state index in [2.05, 4.69) is 0 Å². The molecule has 11 aliphatic heterocycles. The van der Waals surface area contributed by atoms with Crippen molar-refractivity contribution in [2.45, 2.75) is 66.5 Å². The van der Waals surface area contributed by atoms with E-state index < -0.39 is 6.51 Å². The SMILES string of the molecule is COC[C@@H]1CCO[C@H]([C]23[CH]4[CH]5[CH]6[CH]2[Fe]56432789[CH]3[CH]2[CH]7[CH]8[CH]39)O1. The summed E-state index contributed by atoms with van der Waals surface area (Å²) in [6, 6.07) is 0. The molecule has 110 valence electrons. The van der Waals surface area contributed by atoms with Crippen LogP contribution in [0, 0.1) is 0 Å². The van der Waals surface area contributed by atoms with Crippen LogP contribution in [0.4, 0.5) is 0 Å². The summed E-state index contributed by atoms with van der Waals surface area (Å²) in [7, 11) is 1.80. The van der Waals surface area contributed by atoms with Crippen molar-refractivity contribution in [3.8, 4) is 0 Å². The van der Waals surface area contributed by atoms with E-state index >= 15 is 0 Å². The Morgan fingerprint density at radius 3 is 2.15 bits per heavy atom. The van der Waals surface area contributed by atoms with Gasteiger partial charge in [-0.15, -0.1) is 0 Å². The first-order chi connectivity index (χ1) is 9.58. The number of hydrogen-bond acceptors (Lipinski definition) is 3. The van der Waals surface area contributed by atoms with Crippen LogP contribution in [0.3, 0.4) is 0 Å². The summed E-state index contributed by atoms with van der Waals surface area (Å²) < 4.78 is 19.0. The van der Waals surface area contributed by atoms with Gasteiger partial charge < -0.3 is 0 Å². The Hall–Kier alpha value is 0.399. The third-order valence-electron chi connectivity index (χ3n) is 16.5. The van der Waals surface area contributed by atoms with E-state index in [1.54, 1.807) is 7.11 Å². The predicted octanol–water partition coefficient (Wildman–Crippen LogP) is 3.52. The van der Waals surface area contributed by atoms with Crippen molar-refractivity contribution in [1.82, 2.24) is 0 Å². The predicted molar refractivity (Wildman–Crippen MR) is 67.5 cm³/mol. The molecule has 0 amide bonds. The quantitative estimate of drug-likeness (QED) is 0.746. The van der Waals surface area contributed by atoms with Gasteiger partial charge in [-0.3, -0.25) is 0 Å². The molecule has 11 rings (SSSR count). The minimum absolute atomic E-state index is 0.241. The molecule has 1 spiro atoms. The van der Waals surface area contributed by atoms with Gasteiger partial charge in [-0.1, -0.05) is 0 Å². The van der Waals surface area contributed by atoms with Crippen molar-refractivity contribution < 1.29 is 20.7 Å². The van der Waals surface area contributed by atoms with Crippen LogP contribution >= 0.6 is 0 Å². The zero-order valence-corrected chi connectivity index (χ0v) is 12.7. The van der Waals surface area contributed by atoms with Gasteiger partial charge in [0.05, 0.1) is 0 Å². The summed E-state index contributed by atoms with van der Waals surface area (Å²) in [4.78, 5) is 12.2. The fourth-order valence-corrected chi connectivity index (χ4v) is 92.5. The third-order valence-corrected chi connectivity index (χ3v) is 59.1. The Morgan fingerprint density at radius 1 is 1.05 bits per heavy atom. The van der Waals surface area contributed by atoms with Crippen LogP contribution in [0.15, 0.2) is 0 Å². The zero-order valence-electron chi connectivity index (χ0n) is 11.6. The summed E-state index contributed by atoms with van der Waals surface area (Å²) in [5, 5.41) is 0. The fourth-order valence-electron chi connectivity index (χ4n) is 18.1. The molecule has 0 aromatic carbocycles. The van der Waals surface area contributed by atoms with Gasteiger partial charge in [-0.05, 0) is 0 Å². The molecule has 3 nitrogen and oxygen atoms in total. The topological polar surface area (TPSA) is 27.7 Å². The van der Waals surface area contributed by atoms with Gasteiger partial charge >= 0.3 is 108 Å². The third kappa shape index (κ3) is 0.103. The van der Waals surface area contributed by atoms with E-state index in [9.17, 15) is 0 Å². The van der Waals surface area contributed by atoms with E-state index in [-0.39, 0.29) is 6.29 Å². The molecule has 0 radical (unpaired) electrons. The van der Waals surface area contributed by atoms with Crippen LogP contribution in [0.1, 0.15) is 6.42 Å². The second-order valence-corrected chi connectivity index (χ2v) is 35.5. The number of ether oxygens (including phenoxy) is 3. The van der Waals surface area contributed by atoms with E-state index in [0.717, 1.165) is 23.9 Å². The number of methoxy groups -OCH3 is 1. The van der Waals surface area contributed by atoms with Crippen LogP contribution in [0.2, 0.25) is 47.7 Å². The molecule has 4 heteroatoms. The molecule has 20 heavy (non-hydrogen) atoms. The van der Waals surface area contributed by atoms with Crippen molar-refractivity contribution in [2.24, 2.45) is 0 Å². The maximum absolute atomic E-state index is 6.54. The Morgan fingerprint density at radius 2 is 1.70 bits per heavy atom. The Kier molecular flexibility index (Phi) is 0.334. The van der Waals surface area contributed by atoms with Crippen molar-refractivity contribution in [3.63, 3.8) is 0 Å². The average Bonchev–Trinajstić information content (AvgIpc) is 3.40. The summed E-state index contributed by atoms with van der Waals surface area (Å²) >= 11 is 0. The van der Waals surface area contributed by atoms with Gasteiger partial charge in [0.25, 0.3) is 0 Å². The first-order valence-electron chi connectivity index (χ1n) is 8.56. The van der Waals surface area contributed by atoms with Crippen LogP contribution < -0.4 is 0 Å². The zero-order chi connectivity index (χ0) is 12.4. The van der Waals surface area contributed by atoms with Crippen LogP contribution in [0.5, 0.6) is 0 Å². The van der Waals surface area contributed by atoms with Gasteiger partial charge in [0.15, 0.2) is 0 Å². The van der Waals surface area contributed by atoms with Crippen molar-refractivity contribution in [3.05, 3.63) is 0 Å². The van der Waals surface area contributed by atoms with Crippen LogP contribution in [0.25, 0.3) is 0 Å². The first kappa shape index (κ1) is 8.31. The fraction of sp³-hybridized carbons (Fsp3) is 1.00. The molecule has 0 bridgehead atoms. The molecule has 0 aliphatic carbocycles. The molecule has 0 aromatic rings. The van der Waals surface area contributed by atoms with E-state index in [1.807, 2.05) is 0 Å². The van der Waals surface area contributed by atoms with Gasteiger partial charge in [0, 0.05) is 0 Å². The molecule has 11 aliphatic rings. The minimum atomic E-state index is -3.03. The second-order valence-electron chi connectivity index (χ2n) is 11.9. The summed E-state index contributed by atoms with van der Waals surface area (Å²) in [6.45, 7) is -1.33. The molecule has 6 atom stereocenters. The number of rotatable bonds is 3. The summed E-state index contributed by atoms with van der Waals surface area (Å²) in [5.74, 6) is 0. The van der Waals surface area contributed by atoms with Crippen LogP contribution in [-0.4, -0.2) is 32.7 Å². The second kappa shape index (κ2) is 0.804. The summed E-state index contributed by atoms with van der Waals surface area (Å²) in [6.07, 6.45) is 1.60. The Bertz CT molecular complexity index is 948. The molecule has 11 heterocycles. The van der Waals surface area contributed by atoms with Gasteiger partial charge in [0.1, 0.15) is 0 Å². The normalized spacial score (nSPS) is 115. The standard InChI is InChI=1S/C11H15O3.C5H5.Fe/c1-12-8-10-6-7-13-11(14-10)9-4-2-3-5-9;1-2-4-5-3-1;/h2-5,10-11H,6-8H2,1H3;1-5H;/t10-,11-;;/m0../s1. The van der Waals surface area contributed by atoms with Crippen molar-refractivity contribution in [2.75, 3.05) is 20.3 Å². The Balaban J connectivity index is 1.25. The molecular formula is C16H20FeO3. The Labute approximate surface area is 108 Å².